The van der Waals surface area contributed by atoms with Crippen molar-refractivity contribution in [3.05, 3.63) is 11.6 Å². The molecule has 6 nitrogen and oxygen atoms in total. The zero-order valence-electron chi connectivity index (χ0n) is 21.3. The van der Waals surface area contributed by atoms with Crippen molar-refractivity contribution in [1.82, 2.24) is 9.80 Å². The summed E-state index contributed by atoms with van der Waals surface area (Å²) in [5.74, 6) is 0.128. The number of aliphatic hydroxyl groups excluding tert-OH is 1. The first-order valence-corrected chi connectivity index (χ1v) is 12.9. The Kier molecular flexibility index (Phi) is 6.71. The van der Waals surface area contributed by atoms with E-state index in [1.54, 1.807) is 6.08 Å². The van der Waals surface area contributed by atoms with Gasteiger partial charge in [0.1, 0.15) is 0 Å². The highest BCUT2D eigenvalue weighted by molar-refractivity contribution is 5.95. The van der Waals surface area contributed by atoms with Crippen LogP contribution in [0.25, 0.3) is 0 Å². The molecule has 186 valence electrons. The molecule has 7 atom stereocenters. The zero-order chi connectivity index (χ0) is 24.2. The number of fused-ring (bicyclic) bond motifs is 5. The summed E-state index contributed by atoms with van der Waals surface area (Å²) in [5.41, 5.74) is -0.911. The van der Waals surface area contributed by atoms with Crippen molar-refractivity contribution in [2.75, 3.05) is 40.8 Å². The normalized spacial score (nSPS) is 42.7. The molecule has 0 aliphatic heterocycles. The summed E-state index contributed by atoms with van der Waals surface area (Å²) in [6, 6.07) is 0. The third kappa shape index (κ3) is 4.05. The third-order valence-corrected chi connectivity index (χ3v) is 10.0. The van der Waals surface area contributed by atoms with Crippen molar-refractivity contribution < 1.29 is 19.8 Å². The number of rotatable bonds is 7. The van der Waals surface area contributed by atoms with Crippen molar-refractivity contribution in [1.29, 1.82) is 0 Å². The molecule has 33 heavy (non-hydrogen) atoms. The molecule has 0 saturated heterocycles. The van der Waals surface area contributed by atoms with Crippen molar-refractivity contribution in [2.24, 2.45) is 28.6 Å². The minimum atomic E-state index is -1.08. The van der Waals surface area contributed by atoms with Gasteiger partial charge in [-0.3, -0.25) is 14.5 Å². The van der Waals surface area contributed by atoms with Crippen molar-refractivity contribution >= 4 is 11.6 Å². The summed E-state index contributed by atoms with van der Waals surface area (Å²) in [6.07, 6.45) is 7.39. The lowest BCUT2D eigenvalue weighted by Crippen LogP contribution is -2.59. The predicted molar refractivity (Wildman–Crippen MR) is 129 cm³/mol. The Morgan fingerprint density at radius 1 is 1.06 bits per heavy atom. The Bertz CT molecular complexity index is 825. The van der Waals surface area contributed by atoms with E-state index in [1.807, 2.05) is 7.05 Å². The minimum absolute atomic E-state index is 0.0653. The lowest BCUT2D eigenvalue weighted by atomic mass is 9.46. The quantitative estimate of drug-likeness (QED) is 0.608. The van der Waals surface area contributed by atoms with E-state index in [2.05, 4.69) is 37.7 Å². The maximum Gasteiger partial charge on any atom is 0.159 e. The van der Waals surface area contributed by atoms with Crippen LogP contribution in [0.1, 0.15) is 65.2 Å². The fraction of sp³-hybridized carbons (Fsp3) is 0.852. The summed E-state index contributed by atoms with van der Waals surface area (Å²) < 4.78 is 0. The predicted octanol–water partition coefficient (Wildman–Crippen LogP) is 2.67. The van der Waals surface area contributed by atoms with Crippen LogP contribution in [0, 0.1) is 28.6 Å². The fourth-order valence-electron chi connectivity index (χ4n) is 7.95. The van der Waals surface area contributed by atoms with Gasteiger partial charge in [0.2, 0.25) is 0 Å². The van der Waals surface area contributed by atoms with Gasteiger partial charge in [-0.25, -0.2) is 0 Å². The van der Waals surface area contributed by atoms with Crippen LogP contribution in [-0.4, -0.2) is 84.1 Å². The second-order valence-electron chi connectivity index (χ2n) is 12.3. The molecule has 0 radical (unpaired) electrons. The zero-order valence-corrected chi connectivity index (χ0v) is 21.3. The first-order chi connectivity index (χ1) is 15.4. The smallest absolute Gasteiger partial charge is 0.159 e. The highest BCUT2D eigenvalue weighted by Gasteiger charge is 2.66. The van der Waals surface area contributed by atoms with Crippen LogP contribution < -0.4 is 0 Å². The molecule has 3 fully saturated rings. The van der Waals surface area contributed by atoms with Crippen LogP contribution in [0.5, 0.6) is 0 Å². The van der Waals surface area contributed by atoms with Gasteiger partial charge < -0.3 is 15.1 Å². The van der Waals surface area contributed by atoms with Gasteiger partial charge in [-0.15, -0.1) is 0 Å². The van der Waals surface area contributed by atoms with E-state index >= 15 is 0 Å². The molecule has 0 aromatic carbocycles. The number of hydrogen-bond donors (Lipinski definition) is 2. The summed E-state index contributed by atoms with van der Waals surface area (Å²) in [6.45, 7) is 6.59. The minimum Gasteiger partial charge on any atom is -0.393 e. The van der Waals surface area contributed by atoms with Crippen LogP contribution in [-0.2, 0) is 9.59 Å². The molecular weight excluding hydrogens is 416 g/mol. The standard InChI is InChI=1S/C27H44N2O4/c1-25-10-7-18(30)15-22(25)23(31)16-21-19(25)8-11-26(2)20(9-12-27(21,26)33)24(32)17-29(5)14-6-13-28(3)4/h16,18-20,22,30,33H,6-15,17H2,1-5H3/t18?,19?,20?,22?,25?,26?,27-/m1/s1. The van der Waals surface area contributed by atoms with Gasteiger partial charge in [0.25, 0.3) is 0 Å². The lowest BCUT2D eigenvalue weighted by molar-refractivity contribution is -0.144. The molecule has 0 spiro atoms. The van der Waals surface area contributed by atoms with Crippen molar-refractivity contribution in [3.63, 3.8) is 0 Å². The van der Waals surface area contributed by atoms with Gasteiger partial charge >= 0.3 is 0 Å². The first kappa shape index (κ1) is 25.0. The SMILES string of the molecule is CN(C)CCCN(C)CC(=O)C1CC[C@@]2(O)C3=CC(=O)C4CC(O)CCC4(C)C3CCC12C. The summed E-state index contributed by atoms with van der Waals surface area (Å²) in [7, 11) is 6.13. The van der Waals surface area contributed by atoms with Gasteiger partial charge in [0, 0.05) is 17.3 Å². The third-order valence-electron chi connectivity index (χ3n) is 10.0. The van der Waals surface area contributed by atoms with E-state index in [-0.39, 0.29) is 34.7 Å². The molecule has 3 saturated carbocycles. The number of aliphatic hydroxyl groups is 2. The van der Waals surface area contributed by atoms with Crippen LogP contribution >= 0.6 is 0 Å². The van der Waals surface area contributed by atoms with Gasteiger partial charge in [-0.05, 0) is 109 Å². The van der Waals surface area contributed by atoms with E-state index < -0.39 is 17.1 Å². The molecule has 2 N–H and O–H groups in total. The van der Waals surface area contributed by atoms with Crippen LogP contribution in [0.4, 0.5) is 0 Å². The molecule has 0 aromatic rings. The lowest BCUT2D eigenvalue weighted by Gasteiger charge is -2.59. The van der Waals surface area contributed by atoms with E-state index in [0.717, 1.165) is 50.8 Å². The number of carbonyl (C=O) groups excluding carboxylic acids is 2. The number of hydrogen-bond acceptors (Lipinski definition) is 6. The molecule has 6 heteroatoms. The summed E-state index contributed by atoms with van der Waals surface area (Å²) in [4.78, 5) is 30.9. The summed E-state index contributed by atoms with van der Waals surface area (Å²) in [5, 5.41) is 22.4. The number of likely N-dealkylation sites (N-methyl/N-ethyl adjacent to an activating group) is 1. The Morgan fingerprint density at radius 2 is 1.79 bits per heavy atom. The number of allylic oxidation sites excluding steroid dienone is 1. The second kappa shape index (κ2) is 8.85. The topological polar surface area (TPSA) is 81.1 Å². The van der Waals surface area contributed by atoms with Crippen LogP contribution in [0.2, 0.25) is 0 Å². The van der Waals surface area contributed by atoms with E-state index in [1.165, 1.54) is 0 Å². The number of Topliss-reactive ketones (excluding diaryl/α,β-unsaturated/α-hetero) is 1. The van der Waals surface area contributed by atoms with Crippen LogP contribution in [0.15, 0.2) is 11.6 Å². The molecule has 0 aromatic heterocycles. The Labute approximate surface area is 199 Å². The maximum atomic E-state index is 13.4. The first-order valence-electron chi connectivity index (χ1n) is 12.9. The average molecular weight is 461 g/mol. The monoisotopic (exact) mass is 460 g/mol. The average Bonchev–Trinajstić information content (AvgIpc) is 3.01. The highest BCUT2D eigenvalue weighted by atomic mass is 16.3. The molecule has 6 unspecified atom stereocenters. The Morgan fingerprint density at radius 3 is 2.48 bits per heavy atom. The van der Waals surface area contributed by atoms with Gasteiger partial charge in [0.15, 0.2) is 11.6 Å². The molecule has 0 amide bonds. The number of carbonyl (C=O) groups is 2. The number of ketones is 2. The van der Waals surface area contributed by atoms with Crippen molar-refractivity contribution in [3.8, 4) is 0 Å². The number of nitrogens with zero attached hydrogens (tertiary/aromatic N) is 2. The molecule has 0 heterocycles. The largest absolute Gasteiger partial charge is 0.393 e. The molecular formula is C27H44N2O4. The molecule has 4 rings (SSSR count). The molecule has 0 bridgehead atoms. The van der Waals surface area contributed by atoms with Gasteiger partial charge in [-0.2, -0.15) is 0 Å². The fourth-order valence-corrected chi connectivity index (χ4v) is 7.95. The van der Waals surface area contributed by atoms with E-state index in [4.69, 9.17) is 0 Å². The molecule has 4 aliphatic rings. The maximum absolute atomic E-state index is 13.4. The van der Waals surface area contributed by atoms with E-state index in [0.29, 0.717) is 25.8 Å². The van der Waals surface area contributed by atoms with Crippen molar-refractivity contribution in [2.45, 2.75) is 76.9 Å². The van der Waals surface area contributed by atoms with Gasteiger partial charge in [0.05, 0.1) is 18.2 Å². The Hall–Kier alpha value is -1.08. The second-order valence-corrected chi connectivity index (χ2v) is 12.3. The van der Waals surface area contributed by atoms with Crippen LogP contribution in [0.3, 0.4) is 0 Å². The van der Waals surface area contributed by atoms with E-state index in [9.17, 15) is 19.8 Å². The van der Waals surface area contributed by atoms with Gasteiger partial charge in [-0.1, -0.05) is 13.8 Å². The molecule has 4 aliphatic carbocycles. The highest BCUT2D eigenvalue weighted by Crippen LogP contribution is 2.67. The Balaban J connectivity index is 1.54. The summed E-state index contributed by atoms with van der Waals surface area (Å²) >= 11 is 0.